The van der Waals surface area contributed by atoms with Crippen LogP contribution in [0.3, 0.4) is 0 Å². The largest absolute Gasteiger partial charge is 0.283 e. The maximum Gasteiger partial charge on any atom is 0.252 e. The highest BCUT2D eigenvalue weighted by molar-refractivity contribution is 7.91. The van der Waals surface area contributed by atoms with E-state index in [0.29, 0.717) is 41.8 Å². The van der Waals surface area contributed by atoms with Crippen LogP contribution in [-0.4, -0.2) is 41.7 Å². The molecule has 1 aromatic carbocycles. The molecule has 0 N–H and O–H groups in total. The SMILES string of the molecule is Cc1cc(C)c2nc(N(Cc3cccnc3)C(=O)C3CCN(S(=O)(=O)c4cccs4)CC3)sc2c1. The average molecular weight is 527 g/mol. The summed E-state index contributed by atoms with van der Waals surface area (Å²) in [4.78, 5) is 24.6. The molecule has 0 bridgehead atoms. The lowest BCUT2D eigenvalue weighted by Crippen LogP contribution is -2.44. The molecule has 0 saturated carbocycles. The molecule has 1 aliphatic heterocycles. The standard InChI is InChI=1S/C25H26N4O3S3/c1-17-13-18(2)23-21(14-17)34-25(27-23)29(16-19-5-3-9-26-15-19)24(30)20-7-10-28(11-8-20)35(31,32)22-6-4-12-33-22/h3-6,9,12-15,20H,7-8,10-11,16H2,1-2H3. The fourth-order valence-electron chi connectivity index (χ4n) is 4.49. The van der Waals surface area contributed by atoms with Gasteiger partial charge < -0.3 is 0 Å². The summed E-state index contributed by atoms with van der Waals surface area (Å²) in [5.74, 6) is -0.285. The van der Waals surface area contributed by atoms with Crippen molar-refractivity contribution in [1.29, 1.82) is 0 Å². The lowest BCUT2D eigenvalue weighted by Gasteiger charge is -2.32. The topological polar surface area (TPSA) is 83.5 Å². The van der Waals surface area contributed by atoms with Crippen molar-refractivity contribution in [3.8, 4) is 0 Å². The molecule has 0 radical (unpaired) electrons. The van der Waals surface area contributed by atoms with Crippen molar-refractivity contribution in [2.75, 3.05) is 18.0 Å². The van der Waals surface area contributed by atoms with Gasteiger partial charge >= 0.3 is 0 Å². The summed E-state index contributed by atoms with van der Waals surface area (Å²) in [6, 6.07) is 11.4. The van der Waals surface area contributed by atoms with Crippen LogP contribution in [0, 0.1) is 19.8 Å². The van der Waals surface area contributed by atoms with E-state index in [1.54, 1.807) is 34.8 Å². The van der Waals surface area contributed by atoms with E-state index in [1.165, 1.54) is 27.0 Å². The molecular formula is C25H26N4O3S3. The molecular weight excluding hydrogens is 501 g/mol. The van der Waals surface area contributed by atoms with Crippen LogP contribution in [0.4, 0.5) is 5.13 Å². The second-order valence-electron chi connectivity index (χ2n) is 8.82. The number of nitrogens with zero attached hydrogens (tertiary/aromatic N) is 4. The number of anilines is 1. The number of aromatic nitrogens is 2. The second-order valence-corrected chi connectivity index (χ2v) is 12.9. The Hall–Kier alpha value is -2.66. The first kappa shape index (κ1) is 24.1. The summed E-state index contributed by atoms with van der Waals surface area (Å²) in [5.41, 5.74) is 4.08. The Morgan fingerprint density at radius 2 is 1.97 bits per heavy atom. The van der Waals surface area contributed by atoms with Gasteiger partial charge in [0.2, 0.25) is 5.91 Å². The Labute approximate surface area is 213 Å². The zero-order valence-corrected chi connectivity index (χ0v) is 22.0. The lowest BCUT2D eigenvalue weighted by atomic mass is 9.96. The third-order valence-corrected chi connectivity index (χ3v) is 10.6. The number of sulfonamides is 1. The number of pyridine rings is 1. The number of carbonyl (C=O) groups is 1. The number of piperidine rings is 1. The van der Waals surface area contributed by atoms with Crippen LogP contribution in [0.2, 0.25) is 0 Å². The summed E-state index contributed by atoms with van der Waals surface area (Å²) < 4.78 is 28.7. The number of thiazole rings is 1. The van der Waals surface area contributed by atoms with Crippen molar-refractivity contribution in [2.24, 2.45) is 5.92 Å². The van der Waals surface area contributed by atoms with Gasteiger partial charge in [0.25, 0.3) is 10.0 Å². The molecule has 0 spiro atoms. The number of benzene rings is 1. The van der Waals surface area contributed by atoms with Crippen molar-refractivity contribution in [3.63, 3.8) is 0 Å². The van der Waals surface area contributed by atoms with Crippen LogP contribution in [0.15, 0.2) is 58.4 Å². The molecule has 5 rings (SSSR count). The number of fused-ring (bicyclic) bond motifs is 1. The van der Waals surface area contributed by atoms with Crippen LogP contribution >= 0.6 is 22.7 Å². The predicted octanol–water partition coefficient (Wildman–Crippen LogP) is 5.00. The average Bonchev–Trinajstić information content (AvgIpc) is 3.54. The van der Waals surface area contributed by atoms with Gasteiger partial charge in [-0.15, -0.1) is 11.3 Å². The summed E-state index contributed by atoms with van der Waals surface area (Å²) in [5, 5.41) is 2.43. The Kier molecular flexibility index (Phi) is 6.71. The van der Waals surface area contributed by atoms with E-state index in [1.807, 2.05) is 19.1 Å². The third kappa shape index (κ3) is 4.88. The van der Waals surface area contributed by atoms with Gasteiger partial charge in [0.05, 0.1) is 16.8 Å². The molecule has 1 fully saturated rings. The molecule has 3 aromatic heterocycles. The first-order chi connectivity index (χ1) is 16.8. The minimum Gasteiger partial charge on any atom is -0.283 e. The van der Waals surface area contributed by atoms with Gasteiger partial charge in [-0.3, -0.25) is 14.7 Å². The van der Waals surface area contributed by atoms with Crippen LogP contribution in [0.25, 0.3) is 10.2 Å². The summed E-state index contributed by atoms with van der Waals surface area (Å²) in [7, 11) is -3.51. The minimum atomic E-state index is -3.51. The van der Waals surface area contributed by atoms with E-state index >= 15 is 0 Å². The highest BCUT2D eigenvalue weighted by atomic mass is 32.2. The molecule has 0 atom stereocenters. The summed E-state index contributed by atoms with van der Waals surface area (Å²) in [6.45, 7) is 5.13. The molecule has 4 aromatic rings. The van der Waals surface area contributed by atoms with Crippen LogP contribution in [0.5, 0.6) is 0 Å². The Balaban J connectivity index is 1.40. The molecule has 0 aliphatic carbocycles. The number of carbonyl (C=O) groups excluding carboxylic acids is 1. The van der Waals surface area contributed by atoms with Gasteiger partial charge in [0.15, 0.2) is 5.13 Å². The maximum absolute atomic E-state index is 13.8. The van der Waals surface area contributed by atoms with Gasteiger partial charge in [-0.05, 0) is 67.0 Å². The number of amides is 1. The molecule has 182 valence electrons. The maximum atomic E-state index is 13.8. The fraction of sp³-hybridized carbons (Fsp3) is 0.320. The van der Waals surface area contributed by atoms with Crippen LogP contribution < -0.4 is 4.90 Å². The molecule has 4 heterocycles. The smallest absolute Gasteiger partial charge is 0.252 e. The number of hydrogen-bond acceptors (Lipinski definition) is 7. The highest BCUT2D eigenvalue weighted by Crippen LogP contribution is 2.35. The Bertz CT molecular complexity index is 1440. The quantitative estimate of drug-likeness (QED) is 0.353. The minimum absolute atomic E-state index is 0.0181. The van der Waals surface area contributed by atoms with Gasteiger partial charge in [-0.25, -0.2) is 13.4 Å². The summed E-state index contributed by atoms with van der Waals surface area (Å²) in [6.07, 6.45) is 4.44. The van der Waals surface area contributed by atoms with Crippen LogP contribution in [-0.2, 0) is 21.4 Å². The third-order valence-electron chi connectivity index (χ3n) is 6.27. The molecule has 7 nitrogen and oxygen atoms in total. The van der Waals surface area contributed by atoms with E-state index in [2.05, 4.69) is 24.0 Å². The van der Waals surface area contributed by atoms with Crippen molar-refractivity contribution in [2.45, 2.75) is 37.4 Å². The Morgan fingerprint density at radius 3 is 2.66 bits per heavy atom. The van der Waals surface area contributed by atoms with Gasteiger partial charge in [-0.2, -0.15) is 4.31 Å². The molecule has 1 aliphatic rings. The zero-order valence-electron chi connectivity index (χ0n) is 19.5. The molecule has 10 heteroatoms. The first-order valence-corrected chi connectivity index (χ1v) is 14.6. The Morgan fingerprint density at radius 1 is 1.17 bits per heavy atom. The number of aryl methyl sites for hydroxylation is 2. The number of rotatable bonds is 6. The van der Waals surface area contributed by atoms with Crippen molar-refractivity contribution < 1.29 is 13.2 Å². The number of hydrogen-bond donors (Lipinski definition) is 0. The van der Waals surface area contributed by atoms with Crippen molar-refractivity contribution in [1.82, 2.24) is 14.3 Å². The van der Waals surface area contributed by atoms with E-state index in [4.69, 9.17) is 4.98 Å². The normalized spacial score (nSPS) is 15.5. The molecule has 1 saturated heterocycles. The molecule has 0 unspecified atom stereocenters. The van der Waals surface area contributed by atoms with Crippen molar-refractivity contribution in [3.05, 3.63) is 70.9 Å². The zero-order chi connectivity index (χ0) is 24.6. The molecule has 35 heavy (non-hydrogen) atoms. The van der Waals surface area contributed by atoms with Crippen LogP contribution in [0.1, 0.15) is 29.5 Å². The summed E-state index contributed by atoms with van der Waals surface area (Å²) >= 11 is 2.74. The lowest BCUT2D eigenvalue weighted by molar-refractivity contribution is -0.123. The monoisotopic (exact) mass is 526 g/mol. The number of thiophene rings is 1. The van der Waals surface area contributed by atoms with E-state index in [9.17, 15) is 13.2 Å². The van der Waals surface area contributed by atoms with Gasteiger partial charge in [0, 0.05) is 31.4 Å². The highest BCUT2D eigenvalue weighted by Gasteiger charge is 2.35. The molecule has 1 amide bonds. The second kappa shape index (κ2) is 9.77. The predicted molar refractivity (Wildman–Crippen MR) is 140 cm³/mol. The van der Waals surface area contributed by atoms with Gasteiger partial charge in [0.1, 0.15) is 4.21 Å². The van der Waals surface area contributed by atoms with Crippen molar-refractivity contribution >= 4 is 54.0 Å². The van der Waals surface area contributed by atoms with E-state index < -0.39 is 10.0 Å². The fourth-order valence-corrected chi connectivity index (χ4v) is 8.25. The van der Waals surface area contributed by atoms with Gasteiger partial charge in [-0.1, -0.05) is 29.5 Å². The van der Waals surface area contributed by atoms with E-state index in [0.717, 1.165) is 26.9 Å². The van der Waals surface area contributed by atoms with E-state index in [-0.39, 0.29) is 11.8 Å². The first-order valence-electron chi connectivity index (χ1n) is 11.4.